The summed E-state index contributed by atoms with van der Waals surface area (Å²) < 4.78 is 5.53. The summed E-state index contributed by atoms with van der Waals surface area (Å²) in [6.07, 6.45) is 4.47. The quantitative estimate of drug-likeness (QED) is 0.803. The van der Waals surface area contributed by atoms with Crippen LogP contribution in [0.25, 0.3) is 5.57 Å². The monoisotopic (exact) mass is 307 g/mol. The largest absolute Gasteiger partial charge is 0.496 e. The van der Waals surface area contributed by atoms with Gasteiger partial charge in [-0.3, -0.25) is 4.90 Å². The zero-order valence-electron chi connectivity index (χ0n) is 14.1. The summed E-state index contributed by atoms with van der Waals surface area (Å²) in [5.41, 5.74) is 5.41. The van der Waals surface area contributed by atoms with Crippen molar-refractivity contribution in [3.63, 3.8) is 0 Å². The fourth-order valence-corrected chi connectivity index (χ4v) is 3.20. The Balaban J connectivity index is 1.69. The summed E-state index contributed by atoms with van der Waals surface area (Å²) >= 11 is 0. The highest BCUT2D eigenvalue weighted by Crippen LogP contribution is 2.28. The summed E-state index contributed by atoms with van der Waals surface area (Å²) in [5.74, 6) is 1.01. The van der Waals surface area contributed by atoms with Gasteiger partial charge in [-0.15, -0.1) is 0 Å². The number of ether oxygens (including phenoxy) is 1. The van der Waals surface area contributed by atoms with Gasteiger partial charge in [-0.1, -0.05) is 55.5 Å². The smallest absolute Gasteiger partial charge is 0.122 e. The van der Waals surface area contributed by atoms with Crippen LogP contribution in [0.2, 0.25) is 0 Å². The second kappa shape index (κ2) is 7.47. The maximum atomic E-state index is 5.53. The van der Waals surface area contributed by atoms with Gasteiger partial charge in [0.1, 0.15) is 5.75 Å². The first-order chi connectivity index (χ1) is 11.3. The Hall–Kier alpha value is -2.06. The zero-order valence-corrected chi connectivity index (χ0v) is 14.1. The fraction of sp³-hybridized carbons (Fsp3) is 0.333. The minimum absolute atomic E-state index is 1.01. The molecule has 0 radical (unpaired) electrons. The van der Waals surface area contributed by atoms with Crippen LogP contribution in [0.15, 0.2) is 54.6 Å². The standard InChI is InChI=1S/C21H25NO/c1-3-18-9-10-20(15-21(18)23-2)19-11-13-22(14-12-19)16-17-7-5-4-6-8-17/h4-11,15H,3,12-14,16H2,1-2H3. The average Bonchev–Trinajstić information content (AvgIpc) is 2.62. The van der Waals surface area contributed by atoms with E-state index in [1.807, 2.05) is 0 Å². The number of nitrogens with zero attached hydrogens (tertiary/aromatic N) is 1. The number of rotatable bonds is 5. The van der Waals surface area contributed by atoms with Crippen molar-refractivity contribution in [2.45, 2.75) is 26.3 Å². The van der Waals surface area contributed by atoms with Crippen LogP contribution in [0.3, 0.4) is 0 Å². The molecule has 0 amide bonds. The van der Waals surface area contributed by atoms with E-state index in [9.17, 15) is 0 Å². The van der Waals surface area contributed by atoms with Crippen LogP contribution in [0.1, 0.15) is 30.0 Å². The molecule has 0 unspecified atom stereocenters. The van der Waals surface area contributed by atoms with E-state index in [0.717, 1.165) is 38.2 Å². The molecule has 0 saturated heterocycles. The third-order valence-corrected chi connectivity index (χ3v) is 4.58. The molecule has 2 nitrogen and oxygen atoms in total. The van der Waals surface area contributed by atoms with Crippen molar-refractivity contribution in [1.29, 1.82) is 0 Å². The molecule has 0 atom stereocenters. The molecule has 0 saturated carbocycles. The van der Waals surface area contributed by atoms with E-state index in [2.05, 4.69) is 66.4 Å². The molecule has 2 aromatic carbocycles. The van der Waals surface area contributed by atoms with Crippen molar-refractivity contribution in [2.75, 3.05) is 20.2 Å². The van der Waals surface area contributed by atoms with Crippen molar-refractivity contribution in [3.8, 4) is 5.75 Å². The Bertz CT molecular complexity index is 675. The number of hydrogen-bond acceptors (Lipinski definition) is 2. The molecule has 3 rings (SSSR count). The average molecular weight is 307 g/mol. The summed E-state index contributed by atoms with van der Waals surface area (Å²) in [6, 6.07) is 17.3. The van der Waals surface area contributed by atoms with Gasteiger partial charge in [-0.25, -0.2) is 0 Å². The van der Waals surface area contributed by atoms with Crippen molar-refractivity contribution >= 4 is 5.57 Å². The lowest BCUT2D eigenvalue weighted by Crippen LogP contribution is -2.27. The zero-order chi connectivity index (χ0) is 16.1. The van der Waals surface area contributed by atoms with Gasteiger partial charge in [0.15, 0.2) is 0 Å². The van der Waals surface area contributed by atoms with Gasteiger partial charge < -0.3 is 4.74 Å². The maximum Gasteiger partial charge on any atom is 0.122 e. The number of aryl methyl sites for hydroxylation is 1. The molecule has 0 aliphatic carbocycles. The van der Waals surface area contributed by atoms with Crippen LogP contribution in [-0.2, 0) is 13.0 Å². The normalized spacial score (nSPS) is 15.3. The molecule has 0 spiro atoms. The van der Waals surface area contributed by atoms with E-state index in [1.54, 1.807) is 7.11 Å². The first-order valence-corrected chi connectivity index (χ1v) is 8.42. The van der Waals surface area contributed by atoms with E-state index >= 15 is 0 Å². The lowest BCUT2D eigenvalue weighted by atomic mass is 9.97. The van der Waals surface area contributed by atoms with Gasteiger partial charge in [-0.05, 0) is 41.2 Å². The van der Waals surface area contributed by atoms with Crippen LogP contribution in [0, 0.1) is 0 Å². The van der Waals surface area contributed by atoms with Gasteiger partial charge in [0.05, 0.1) is 7.11 Å². The van der Waals surface area contributed by atoms with Crippen LogP contribution in [-0.4, -0.2) is 25.1 Å². The van der Waals surface area contributed by atoms with Crippen molar-refractivity contribution in [2.24, 2.45) is 0 Å². The second-order valence-corrected chi connectivity index (χ2v) is 6.08. The highest BCUT2D eigenvalue weighted by atomic mass is 16.5. The molecule has 0 aromatic heterocycles. The third-order valence-electron chi connectivity index (χ3n) is 4.58. The number of hydrogen-bond donors (Lipinski definition) is 0. The molecule has 1 aliphatic heterocycles. The molecule has 1 aliphatic rings. The van der Waals surface area contributed by atoms with E-state index in [4.69, 9.17) is 4.74 Å². The number of methoxy groups -OCH3 is 1. The van der Waals surface area contributed by atoms with Gasteiger partial charge in [0.25, 0.3) is 0 Å². The maximum absolute atomic E-state index is 5.53. The van der Waals surface area contributed by atoms with E-state index in [0.29, 0.717) is 0 Å². The van der Waals surface area contributed by atoms with Crippen LogP contribution in [0.4, 0.5) is 0 Å². The Morgan fingerprint density at radius 3 is 2.57 bits per heavy atom. The molecule has 2 heteroatoms. The summed E-state index contributed by atoms with van der Waals surface area (Å²) in [6.45, 7) is 5.32. The summed E-state index contributed by atoms with van der Waals surface area (Å²) in [5, 5.41) is 0. The molecule has 2 aromatic rings. The topological polar surface area (TPSA) is 12.5 Å². The predicted molar refractivity (Wildman–Crippen MR) is 96.7 cm³/mol. The SMILES string of the molecule is CCc1ccc(C2=CCN(Cc3ccccc3)CC2)cc1OC. The van der Waals surface area contributed by atoms with Gasteiger partial charge in [-0.2, -0.15) is 0 Å². The summed E-state index contributed by atoms with van der Waals surface area (Å²) in [7, 11) is 1.76. The van der Waals surface area contributed by atoms with Crippen LogP contribution in [0.5, 0.6) is 5.75 Å². The first kappa shape index (κ1) is 15.8. The minimum atomic E-state index is 1.01. The lowest BCUT2D eigenvalue weighted by molar-refractivity contribution is 0.294. The van der Waals surface area contributed by atoms with Crippen molar-refractivity contribution < 1.29 is 4.74 Å². The lowest BCUT2D eigenvalue weighted by Gasteiger charge is -2.26. The molecule has 1 heterocycles. The van der Waals surface area contributed by atoms with Crippen molar-refractivity contribution in [1.82, 2.24) is 4.90 Å². The molecular formula is C21H25NO. The van der Waals surface area contributed by atoms with Gasteiger partial charge in [0, 0.05) is 19.6 Å². The summed E-state index contributed by atoms with van der Waals surface area (Å²) in [4.78, 5) is 2.50. The Morgan fingerprint density at radius 1 is 1.09 bits per heavy atom. The highest BCUT2D eigenvalue weighted by molar-refractivity contribution is 5.68. The molecule has 0 bridgehead atoms. The molecule has 0 N–H and O–H groups in total. The van der Waals surface area contributed by atoms with E-state index in [1.165, 1.54) is 22.3 Å². The Morgan fingerprint density at radius 2 is 1.91 bits per heavy atom. The fourth-order valence-electron chi connectivity index (χ4n) is 3.20. The minimum Gasteiger partial charge on any atom is -0.496 e. The Kier molecular flexibility index (Phi) is 5.14. The van der Waals surface area contributed by atoms with Crippen molar-refractivity contribution in [3.05, 3.63) is 71.3 Å². The molecule has 0 fully saturated rings. The molecule has 23 heavy (non-hydrogen) atoms. The predicted octanol–water partition coefficient (Wildman–Crippen LogP) is 4.55. The van der Waals surface area contributed by atoms with Gasteiger partial charge >= 0.3 is 0 Å². The molecular weight excluding hydrogens is 282 g/mol. The first-order valence-electron chi connectivity index (χ1n) is 8.42. The van der Waals surface area contributed by atoms with E-state index < -0.39 is 0 Å². The third kappa shape index (κ3) is 3.83. The van der Waals surface area contributed by atoms with Crippen LogP contribution < -0.4 is 4.74 Å². The second-order valence-electron chi connectivity index (χ2n) is 6.08. The number of benzene rings is 2. The van der Waals surface area contributed by atoms with Crippen LogP contribution >= 0.6 is 0 Å². The molecule has 120 valence electrons. The Labute approximate surface area is 139 Å². The highest BCUT2D eigenvalue weighted by Gasteiger charge is 2.14. The van der Waals surface area contributed by atoms with Gasteiger partial charge in [0.2, 0.25) is 0 Å². The van der Waals surface area contributed by atoms with E-state index in [-0.39, 0.29) is 0 Å².